The third kappa shape index (κ3) is 2.88. The van der Waals surface area contributed by atoms with Crippen LogP contribution in [0.5, 0.6) is 11.5 Å². The number of ether oxygens (including phenoxy) is 2. The van der Waals surface area contributed by atoms with E-state index < -0.39 is 0 Å². The molecule has 0 bridgehead atoms. The topological polar surface area (TPSA) is 51.7 Å². The van der Waals surface area contributed by atoms with Crippen molar-refractivity contribution < 1.29 is 14.3 Å². The molecule has 0 radical (unpaired) electrons. The van der Waals surface area contributed by atoms with Gasteiger partial charge in [0.2, 0.25) is 0 Å². The van der Waals surface area contributed by atoms with Gasteiger partial charge in [0.1, 0.15) is 11.5 Å². The average molecular weight is 272 g/mol. The van der Waals surface area contributed by atoms with Crippen LogP contribution in [-0.4, -0.2) is 32.2 Å². The monoisotopic (exact) mass is 272 g/mol. The molecule has 0 aliphatic rings. The third-order valence-electron chi connectivity index (χ3n) is 2.94. The SMILES string of the molecule is COc1cc(OC)cc(C(=O)N(C)c2cccnc2)c1. The highest BCUT2D eigenvalue weighted by atomic mass is 16.5. The zero-order valence-electron chi connectivity index (χ0n) is 11.7. The number of anilines is 1. The van der Waals surface area contributed by atoms with Crippen molar-refractivity contribution in [3.63, 3.8) is 0 Å². The van der Waals surface area contributed by atoms with Crippen LogP contribution < -0.4 is 14.4 Å². The van der Waals surface area contributed by atoms with Gasteiger partial charge in [0.25, 0.3) is 5.91 Å². The summed E-state index contributed by atoms with van der Waals surface area (Å²) >= 11 is 0. The van der Waals surface area contributed by atoms with Crippen LogP contribution in [0.3, 0.4) is 0 Å². The smallest absolute Gasteiger partial charge is 0.258 e. The molecular formula is C15H16N2O3. The lowest BCUT2D eigenvalue weighted by Crippen LogP contribution is -2.26. The number of aromatic nitrogens is 1. The van der Waals surface area contributed by atoms with E-state index in [0.29, 0.717) is 17.1 Å². The summed E-state index contributed by atoms with van der Waals surface area (Å²) in [5.41, 5.74) is 1.21. The largest absolute Gasteiger partial charge is 0.497 e. The summed E-state index contributed by atoms with van der Waals surface area (Å²) in [4.78, 5) is 18.0. The van der Waals surface area contributed by atoms with Crippen LogP contribution in [0.2, 0.25) is 0 Å². The van der Waals surface area contributed by atoms with E-state index in [9.17, 15) is 4.79 Å². The van der Waals surface area contributed by atoms with Crippen molar-refractivity contribution in [3.8, 4) is 11.5 Å². The minimum Gasteiger partial charge on any atom is -0.497 e. The summed E-state index contributed by atoms with van der Waals surface area (Å²) in [7, 11) is 4.80. The number of methoxy groups -OCH3 is 2. The molecule has 0 saturated heterocycles. The standard InChI is InChI=1S/C15H16N2O3/c1-17(12-5-4-6-16-10-12)15(18)11-7-13(19-2)9-14(8-11)20-3/h4-10H,1-3H3. The number of benzene rings is 1. The van der Waals surface area contributed by atoms with Gasteiger partial charge in [-0.2, -0.15) is 0 Å². The molecule has 1 aromatic carbocycles. The van der Waals surface area contributed by atoms with Crippen LogP contribution in [0, 0.1) is 0 Å². The van der Waals surface area contributed by atoms with Gasteiger partial charge in [0, 0.05) is 24.9 Å². The normalized spacial score (nSPS) is 9.95. The molecule has 0 aliphatic carbocycles. The second-order valence-corrected chi connectivity index (χ2v) is 4.18. The Bertz CT molecular complexity index is 577. The maximum absolute atomic E-state index is 12.5. The molecule has 2 rings (SSSR count). The minimum absolute atomic E-state index is 0.157. The zero-order valence-corrected chi connectivity index (χ0v) is 11.7. The van der Waals surface area contributed by atoms with Gasteiger partial charge in [-0.05, 0) is 24.3 Å². The van der Waals surface area contributed by atoms with Gasteiger partial charge in [0.05, 0.1) is 26.1 Å². The zero-order chi connectivity index (χ0) is 14.5. The first kappa shape index (κ1) is 13.9. The van der Waals surface area contributed by atoms with E-state index in [-0.39, 0.29) is 5.91 Å². The van der Waals surface area contributed by atoms with Gasteiger partial charge in [-0.15, -0.1) is 0 Å². The molecule has 104 valence electrons. The van der Waals surface area contributed by atoms with E-state index in [1.165, 1.54) is 4.90 Å². The Hall–Kier alpha value is -2.56. The Morgan fingerprint density at radius 2 is 1.80 bits per heavy atom. The highest BCUT2D eigenvalue weighted by molar-refractivity contribution is 6.06. The van der Waals surface area contributed by atoms with Crippen molar-refractivity contribution >= 4 is 11.6 Å². The molecule has 0 unspecified atom stereocenters. The van der Waals surface area contributed by atoms with Gasteiger partial charge in [-0.25, -0.2) is 0 Å². The Balaban J connectivity index is 2.33. The lowest BCUT2D eigenvalue weighted by atomic mass is 10.1. The van der Waals surface area contributed by atoms with E-state index in [1.807, 2.05) is 6.07 Å². The van der Waals surface area contributed by atoms with E-state index in [1.54, 1.807) is 57.9 Å². The number of hydrogen-bond donors (Lipinski definition) is 0. The predicted octanol–water partition coefficient (Wildman–Crippen LogP) is 2.38. The number of amides is 1. The van der Waals surface area contributed by atoms with Crippen molar-refractivity contribution in [1.29, 1.82) is 0 Å². The Kier molecular flexibility index (Phi) is 4.20. The molecule has 1 amide bonds. The van der Waals surface area contributed by atoms with Gasteiger partial charge < -0.3 is 14.4 Å². The molecule has 0 fully saturated rings. The van der Waals surface area contributed by atoms with Crippen molar-refractivity contribution in [3.05, 3.63) is 48.3 Å². The van der Waals surface area contributed by atoms with Crippen molar-refractivity contribution in [1.82, 2.24) is 4.98 Å². The number of carbonyl (C=O) groups excluding carboxylic acids is 1. The third-order valence-corrected chi connectivity index (χ3v) is 2.94. The van der Waals surface area contributed by atoms with Gasteiger partial charge >= 0.3 is 0 Å². The van der Waals surface area contributed by atoms with Crippen molar-refractivity contribution in [2.45, 2.75) is 0 Å². The maximum atomic E-state index is 12.5. The van der Waals surface area contributed by atoms with Crippen molar-refractivity contribution in [2.24, 2.45) is 0 Å². The molecule has 0 N–H and O–H groups in total. The van der Waals surface area contributed by atoms with Crippen LogP contribution in [0.4, 0.5) is 5.69 Å². The Morgan fingerprint density at radius 1 is 1.15 bits per heavy atom. The minimum atomic E-state index is -0.157. The second-order valence-electron chi connectivity index (χ2n) is 4.18. The predicted molar refractivity (Wildman–Crippen MR) is 76.5 cm³/mol. The van der Waals surface area contributed by atoms with E-state index in [2.05, 4.69) is 4.98 Å². The van der Waals surface area contributed by atoms with Crippen LogP contribution in [0.1, 0.15) is 10.4 Å². The lowest BCUT2D eigenvalue weighted by Gasteiger charge is -2.17. The van der Waals surface area contributed by atoms with E-state index in [0.717, 1.165) is 5.69 Å². The summed E-state index contributed by atoms with van der Waals surface area (Å²) in [6, 6.07) is 8.68. The first-order chi connectivity index (χ1) is 9.65. The average Bonchev–Trinajstić information content (AvgIpc) is 2.53. The number of carbonyl (C=O) groups is 1. The van der Waals surface area contributed by atoms with Gasteiger partial charge in [-0.3, -0.25) is 9.78 Å². The van der Waals surface area contributed by atoms with Crippen LogP contribution >= 0.6 is 0 Å². The molecule has 20 heavy (non-hydrogen) atoms. The van der Waals surface area contributed by atoms with Crippen LogP contribution in [0.25, 0.3) is 0 Å². The van der Waals surface area contributed by atoms with E-state index in [4.69, 9.17) is 9.47 Å². The molecule has 0 aliphatic heterocycles. The van der Waals surface area contributed by atoms with E-state index >= 15 is 0 Å². The summed E-state index contributed by atoms with van der Waals surface area (Å²) in [5, 5.41) is 0. The molecule has 1 aromatic heterocycles. The summed E-state index contributed by atoms with van der Waals surface area (Å²) < 4.78 is 10.3. The lowest BCUT2D eigenvalue weighted by molar-refractivity contribution is 0.0992. The summed E-state index contributed by atoms with van der Waals surface area (Å²) in [6.45, 7) is 0. The maximum Gasteiger partial charge on any atom is 0.258 e. The molecule has 0 atom stereocenters. The molecule has 5 nitrogen and oxygen atoms in total. The Labute approximate surface area is 117 Å². The van der Waals surface area contributed by atoms with Crippen LogP contribution in [-0.2, 0) is 0 Å². The number of pyridine rings is 1. The molecule has 5 heteroatoms. The highest BCUT2D eigenvalue weighted by Gasteiger charge is 2.15. The first-order valence-corrected chi connectivity index (χ1v) is 6.07. The van der Waals surface area contributed by atoms with Crippen LogP contribution in [0.15, 0.2) is 42.7 Å². The molecule has 0 saturated carbocycles. The molecular weight excluding hydrogens is 256 g/mol. The molecule has 0 spiro atoms. The van der Waals surface area contributed by atoms with Crippen molar-refractivity contribution in [2.75, 3.05) is 26.2 Å². The summed E-state index contributed by atoms with van der Waals surface area (Å²) in [6.07, 6.45) is 3.30. The summed E-state index contributed by atoms with van der Waals surface area (Å²) in [5.74, 6) is 0.995. The fourth-order valence-corrected chi connectivity index (χ4v) is 1.79. The number of nitrogens with zero attached hydrogens (tertiary/aromatic N) is 2. The van der Waals surface area contributed by atoms with Gasteiger partial charge in [-0.1, -0.05) is 0 Å². The first-order valence-electron chi connectivity index (χ1n) is 6.07. The second kappa shape index (κ2) is 6.06. The number of rotatable bonds is 4. The highest BCUT2D eigenvalue weighted by Crippen LogP contribution is 2.24. The van der Waals surface area contributed by atoms with Gasteiger partial charge in [0.15, 0.2) is 0 Å². The molecule has 2 aromatic rings. The fraction of sp³-hybridized carbons (Fsp3) is 0.200. The number of hydrogen-bond acceptors (Lipinski definition) is 4. The quantitative estimate of drug-likeness (QED) is 0.857. The molecule has 1 heterocycles. The fourth-order valence-electron chi connectivity index (χ4n) is 1.79. The Morgan fingerprint density at radius 3 is 2.30 bits per heavy atom.